The van der Waals surface area contributed by atoms with Crippen molar-refractivity contribution in [2.24, 2.45) is 5.41 Å². The summed E-state index contributed by atoms with van der Waals surface area (Å²) in [6.45, 7) is 7.02. The largest absolute Gasteiger partial charge is 0.466 e. The molecular weight excluding hydrogens is 222 g/mol. The lowest BCUT2D eigenvalue weighted by atomic mass is 9.92. The molecule has 1 saturated heterocycles. The molecule has 0 spiro atoms. The maximum Gasteiger partial charge on any atom is 0.354 e. The van der Waals surface area contributed by atoms with Crippen molar-refractivity contribution >= 4 is 11.9 Å². The van der Waals surface area contributed by atoms with Gasteiger partial charge in [0.15, 0.2) is 0 Å². The fraction of sp³-hybridized carbons (Fsp3) is 0.667. The van der Waals surface area contributed by atoms with Gasteiger partial charge in [-0.1, -0.05) is 20.8 Å². The van der Waals surface area contributed by atoms with E-state index >= 15 is 0 Å². The minimum atomic E-state index is -0.551. The van der Waals surface area contributed by atoms with Crippen molar-refractivity contribution in [3.8, 4) is 0 Å². The number of nitrogens with zero attached hydrogens (tertiary/aromatic N) is 1. The summed E-state index contributed by atoms with van der Waals surface area (Å²) in [5.41, 5.74) is 0.322. The third-order valence-electron chi connectivity index (χ3n) is 2.77. The topological polar surface area (TPSA) is 55.6 Å². The smallest absolute Gasteiger partial charge is 0.354 e. The molecule has 1 aliphatic heterocycles. The minimum absolute atomic E-state index is 0.0588. The van der Waals surface area contributed by atoms with Crippen molar-refractivity contribution in [3.63, 3.8) is 0 Å². The van der Waals surface area contributed by atoms with E-state index in [-0.39, 0.29) is 17.2 Å². The molecule has 0 radical (unpaired) electrons. The van der Waals surface area contributed by atoms with Crippen LogP contribution in [-0.4, -0.2) is 43.6 Å². The highest BCUT2D eigenvalue weighted by Crippen LogP contribution is 2.38. The molecule has 0 saturated carbocycles. The van der Waals surface area contributed by atoms with E-state index in [9.17, 15) is 9.59 Å². The van der Waals surface area contributed by atoms with Gasteiger partial charge in [-0.2, -0.15) is 0 Å². The first-order valence-corrected chi connectivity index (χ1v) is 5.46. The summed E-state index contributed by atoms with van der Waals surface area (Å²) < 4.78 is 9.19. The number of carbonyl (C=O) groups excluding carboxylic acids is 2. The second-order valence-corrected chi connectivity index (χ2v) is 5.08. The van der Waals surface area contributed by atoms with Crippen LogP contribution in [0.4, 0.5) is 0 Å². The van der Waals surface area contributed by atoms with Crippen molar-refractivity contribution in [2.75, 3.05) is 20.8 Å². The Balaban J connectivity index is 2.85. The standard InChI is InChI=1S/C12H19NO4/c1-12(2,3)9-7-13(9)8(11(15)17-5)6-10(14)16-4/h6,9H,7H2,1-5H3/b8-6+. The van der Waals surface area contributed by atoms with Crippen LogP contribution in [0, 0.1) is 5.41 Å². The van der Waals surface area contributed by atoms with E-state index in [4.69, 9.17) is 0 Å². The van der Waals surface area contributed by atoms with Crippen molar-refractivity contribution in [3.05, 3.63) is 11.8 Å². The first kappa shape index (κ1) is 13.5. The molecule has 1 unspecified atom stereocenters. The van der Waals surface area contributed by atoms with E-state index in [1.165, 1.54) is 20.3 Å². The van der Waals surface area contributed by atoms with Crippen LogP contribution in [-0.2, 0) is 19.1 Å². The number of carbonyl (C=O) groups is 2. The Labute approximate surface area is 101 Å². The molecule has 1 atom stereocenters. The molecule has 1 heterocycles. The van der Waals surface area contributed by atoms with Crippen LogP contribution in [0.3, 0.4) is 0 Å². The van der Waals surface area contributed by atoms with E-state index < -0.39 is 11.9 Å². The molecule has 0 N–H and O–H groups in total. The van der Waals surface area contributed by atoms with Crippen LogP contribution in [0.2, 0.25) is 0 Å². The van der Waals surface area contributed by atoms with Gasteiger partial charge in [-0.3, -0.25) is 0 Å². The maximum atomic E-state index is 11.6. The lowest BCUT2D eigenvalue weighted by molar-refractivity contribution is -0.139. The average molecular weight is 241 g/mol. The summed E-state index contributed by atoms with van der Waals surface area (Å²) in [6.07, 6.45) is 1.18. The van der Waals surface area contributed by atoms with Gasteiger partial charge in [-0.25, -0.2) is 9.59 Å². The highest BCUT2D eigenvalue weighted by atomic mass is 16.5. The SMILES string of the molecule is COC(=O)/C=C(\C(=O)OC)N1CC1C(C)(C)C. The van der Waals surface area contributed by atoms with Crippen molar-refractivity contribution in [1.29, 1.82) is 0 Å². The minimum Gasteiger partial charge on any atom is -0.466 e. The summed E-state index contributed by atoms with van der Waals surface area (Å²) in [7, 11) is 2.57. The molecular formula is C12H19NO4. The zero-order chi connectivity index (χ0) is 13.2. The maximum absolute atomic E-state index is 11.6. The third kappa shape index (κ3) is 3.22. The molecule has 1 rings (SSSR count). The molecule has 17 heavy (non-hydrogen) atoms. The molecule has 5 nitrogen and oxygen atoms in total. The lowest BCUT2D eigenvalue weighted by Crippen LogP contribution is -2.22. The van der Waals surface area contributed by atoms with Crippen LogP contribution in [0.25, 0.3) is 0 Å². The predicted octanol–water partition coefficient (Wildman–Crippen LogP) is 0.947. The van der Waals surface area contributed by atoms with Crippen molar-refractivity contribution in [1.82, 2.24) is 4.90 Å². The van der Waals surface area contributed by atoms with Gasteiger partial charge in [-0.05, 0) is 5.41 Å². The van der Waals surface area contributed by atoms with Crippen LogP contribution >= 0.6 is 0 Å². The number of hydrogen-bond acceptors (Lipinski definition) is 5. The monoisotopic (exact) mass is 241 g/mol. The third-order valence-corrected chi connectivity index (χ3v) is 2.77. The van der Waals surface area contributed by atoms with Gasteiger partial charge >= 0.3 is 11.9 Å². The highest BCUT2D eigenvalue weighted by Gasteiger charge is 2.46. The number of methoxy groups -OCH3 is 2. The molecule has 5 heteroatoms. The first-order valence-electron chi connectivity index (χ1n) is 5.46. The average Bonchev–Trinajstić information content (AvgIpc) is 3.03. The normalized spacial score (nSPS) is 19.9. The summed E-state index contributed by atoms with van der Waals surface area (Å²) in [5, 5.41) is 0. The summed E-state index contributed by atoms with van der Waals surface area (Å²) in [5.74, 6) is -1.06. The number of rotatable bonds is 3. The Morgan fingerprint density at radius 2 is 1.82 bits per heavy atom. The molecule has 96 valence electrons. The van der Waals surface area contributed by atoms with E-state index in [1.54, 1.807) is 0 Å². The van der Waals surface area contributed by atoms with Gasteiger partial charge < -0.3 is 14.4 Å². The summed E-state index contributed by atoms with van der Waals surface area (Å²) >= 11 is 0. The molecule has 1 fully saturated rings. The molecule has 0 amide bonds. The zero-order valence-electron chi connectivity index (χ0n) is 10.9. The number of ether oxygens (including phenoxy) is 2. The first-order chi connectivity index (χ1) is 7.81. The summed E-state index contributed by atoms with van der Waals surface area (Å²) in [4.78, 5) is 24.6. The molecule has 1 aliphatic rings. The van der Waals surface area contributed by atoms with Crippen LogP contribution in [0.5, 0.6) is 0 Å². The Bertz CT molecular complexity index is 354. The van der Waals surface area contributed by atoms with Crippen LogP contribution < -0.4 is 0 Å². The Kier molecular flexibility index (Phi) is 3.80. The van der Waals surface area contributed by atoms with Crippen LogP contribution in [0.15, 0.2) is 11.8 Å². The second kappa shape index (κ2) is 4.77. The van der Waals surface area contributed by atoms with E-state index in [0.717, 1.165) is 6.54 Å². The number of esters is 2. The molecule has 0 aromatic rings. The van der Waals surface area contributed by atoms with Gasteiger partial charge in [0.25, 0.3) is 0 Å². The van der Waals surface area contributed by atoms with Gasteiger partial charge in [0.1, 0.15) is 5.70 Å². The Hall–Kier alpha value is -1.52. The van der Waals surface area contributed by atoms with Gasteiger partial charge in [0.2, 0.25) is 0 Å². The van der Waals surface area contributed by atoms with E-state index in [1.807, 2.05) is 4.90 Å². The molecule has 0 aliphatic carbocycles. The number of hydrogen-bond donors (Lipinski definition) is 0. The highest BCUT2D eigenvalue weighted by molar-refractivity contribution is 5.96. The fourth-order valence-electron chi connectivity index (χ4n) is 1.68. The Morgan fingerprint density at radius 1 is 1.24 bits per heavy atom. The van der Waals surface area contributed by atoms with E-state index in [0.29, 0.717) is 0 Å². The predicted molar refractivity (Wildman–Crippen MR) is 62.1 cm³/mol. The Morgan fingerprint density at radius 3 is 2.18 bits per heavy atom. The fourth-order valence-corrected chi connectivity index (χ4v) is 1.68. The van der Waals surface area contributed by atoms with Gasteiger partial charge in [-0.15, -0.1) is 0 Å². The molecule has 0 aromatic carbocycles. The van der Waals surface area contributed by atoms with E-state index in [2.05, 4.69) is 30.2 Å². The lowest BCUT2D eigenvalue weighted by Gasteiger charge is -2.19. The molecule has 0 aromatic heterocycles. The second-order valence-electron chi connectivity index (χ2n) is 5.08. The van der Waals surface area contributed by atoms with Crippen molar-refractivity contribution < 1.29 is 19.1 Å². The van der Waals surface area contributed by atoms with Gasteiger partial charge in [0.05, 0.1) is 26.3 Å². The summed E-state index contributed by atoms with van der Waals surface area (Å²) in [6, 6.07) is 0.248. The quantitative estimate of drug-likeness (QED) is 0.418. The van der Waals surface area contributed by atoms with Crippen molar-refractivity contribution in [2.45, 2.75) is 26.8 Å². The van der Waals surface area contributed by atoms with Gasteiger partial charge in [0, 0.05) is 6.54 Å². The van der Waals surface area contributed by atoms with Crippen LogP contribution in [0.1, 0.15) is 20.8 Å². The molecule has 0 bridgehead atoms. The zero-order valence-corrected chi connectivity index (χ0v) is 10.9.